The molecule has 1 aliphatic heterocycles. The molecule has 2 aromatic rings. The number of rotatable bonds is 6. The van der Waals surface area contributed by atoms with E-state index in [-0.39, 0.29) is 6.04 Å². The van der Waals surface area contributed by atoms with Gasteiger partial charge in [-0.25, -0.2) is 4.98 Å². The number of nitrogens with one attached hydrogen (secondary N) is 1. The van der Waals surface area contributed by atoms with E-state index in [2.05, 4.69) is 32.3 Å². The predicted octanol–water partition coefficient (Wildman–Crippen LogP) is 2.84. The van der Waals surface area contributed by atoms with Gasteiger partial charge in [-0.2, -0.15) is 4.98 Å². The number of likely N-dealkylation sites (tertiary alicyclic amines) is 1. The molecule has 0 spiro atoms. The van der Waals surface area contributed by atoms with Gasteiger partial charge in [0, 0.05) is 25.2 Å². The molecule has 6 heteroatoms. The van der Waals surface area contributed by atoms with Gasteiger partial charge in [-0.3, -0.25) is 4.90 Å². The Morgan fingerprint density at radius 3 is 3.04 bits per heavy atom. The van der Waals surface area contributed by atoms with Crippen molar-refractivity contribution in [2.24, 2.45) is 5.92 Å². The van der Waals surface area contributed by atoms with E-state index in [1.807, 2.05) is 24.4 Å². The molecule has 0 radical (unpaired) electrons. The van der Waals surface area contributed by atoms with Crippen molar-refractivity contribution in [3.05, 3.63) is 36.1 Å². The summed E-state index contributed by atoms with van der Waals surface area (Å²) in [6, 6.07) is 6.15. The summed E-state index contributed by atoms with van der Waals surface area (Å²) in [7, 11) is 0. The van der Waals surface area contributed by atoms with Crippen LogP contribution in [0.5, 0.6) is 0 Å². The fourth-order valence-corrected chi connectivity index (χ4v) is 3.18. The lowest BCUT2D eigenvalue weighted by Crippen LogP contribution is -2.26. The average Bonchev–Trinajstić information content (AvgIpc) is 3.14. The molecule has 0 bridgehead atoms. The first-order chi connectivity index (χ1) is 11.3. The summed E-state index contributed by atoms with van der Waals surface area (Å²) < 4.78 is 5.48. The number of pyridine rings is 1. The van der Waals surface area contributed by atoms with Crippen LogP contribution in [-0.2, 0) is 0 Å². The Hall–Kier alpha value is -1.95. The summed E-state index contributed by atoms with van der Waals surface area (Å²) in [5, 5.41) is 7.56. The third-order valence-corrected chi connectivity index (χ3v) is 4.86. The van der Waals surface area contributed by atoms with Gasteiger partial charge in [0.2, 0.25) is 5.89 Å². The minimum absolute atomic E-state index is 0.204. The first-order valence-electron chi connectivity index (χ1n) is 8.52. The van der Waals surface area contributed by atoms with Gasteiger partial charge in [-0.05, 0) is 50.8 Å². The summed E-state index contributed by atoms with van der Waals surface area (Å²) in [4.78, 5) is 11.3. The Labute approximate surface area is 136 Å². The maximum absolute atomic E-state index is 5.48. The molecule has 23 heavy (non-hydrogen) atoms. The van der Waals surface area contributed by atoms with E-state index in [1.165, 1.54) is 19.3 Å². The molecule has 3 heterocycles. The minimum Gasteiger partial charge on any atom is -0.370 e. The fraction of sp³-hybridized carbons (Fsp3) is 0.588. The van der Waals surface area contributed by atoms with E-state index in [4.69, 9.17) is 4.52 Å². The lowest BCUT2D eigenvalue weighted by molar-refractivity contribution is 0.203. The van der Waals surface area contributed by atoms with E-state index < -0.39 is 0 Å². The third kappa shape index (κ3) is 3.37. The van der Waals surface area contributed by atoms with Crippen LogP contribution in [0, 0.1) is 5.92 Å². The third-order valence-electron chi connectivity index (χ3n) is 4.86. The molecular weight excluding hydrogens is 290 g/mol. The molecule has 2 atom stereocenters. The molecule has 1 aliphatic carbocycles. The van der Waals surface area contributed by atoms with Crippen molar-refractivity contribution < 1.29 is 4.52 Å². The Kier molecular flexibility index (Phi) is 3.99. The number of hydrogen-bond acceptors (Lipinski definition) is 6. The van der Waals surface area contributed by atoms with Gasteiger partial charge in [0.15, 0.2) is 5.82 Å². The Morgan fingerprint density at radius 1 is 1.35 bits per heavy atom. The maximum Gasteiger partial charge on any atom is 0.243 e. The summed E-state index contributed by atoms with van der Waals surface area (Å²) in [6.07, 6.45) is 5.42. The van der Waals surface area contributed by atoms with E-state index in [9.17, 15) is 0 Å². The van der Waals surface area contributed by atoms with Crippen LogP contribution in [-0.4, -0.2) is 39.7 Å². The van der Waals surface area contributed by atoms with E-state index in [0.29, 0.717) is 11.8 Å². The predicted molar refractivity (Wildman–Crippen MR) is 87.1 cm³/mol. The van der Waals surface area contributed by atoms with Crippen molar-refractivity contribution in [3.63, 3.8) is 0 Å². The van der Waals surface area contributed by atoms with Crippen molar-refractivity contribution in [2.45, 2.75) is 38.1 Å². The van der Waals surface area contributed by atoms with Gasteiger partial charge in [-0.1, -0.05) is 11.2 Å². The zero-order chi connectivity index (χ0) is 15.6. The molecule has 0 unspecified atom stereocenters. The quantitative estimate of drug-likeness (QED) is 0.884. The highest BCUT2D eigenvalue weighted by Gasteiger charge is 2.32. The van der Waals surface area contributed by atoms with Crippen molar-refractivity contribution in [3.8, 4) is 0 Å². The molecule has 0 aromatic carbocycles. The van der Waals surface area contributed by atoms with Crippen molar-refractivity contribution in [1.82, 2.24) is 20.0 Å². The standard InChI is InChI=1S/C17H23N5O/c1-12(17-20-16(21-23-17)14-5-6-14)22-9-7-13(11-22)10-19-15-4-2-3-8-18-15/h2-4,8,12-14H,5-7,9-11H2,1H3,(H,18,19)/t12-,13-/m0/s1. The molecule has 0 amide bonds. The molecule has 1 saturated heterocycles. The summed E-state index contributed by atoms with van der Waals surface area (Å²) in [5.74, 6) is 3.80. The fourth-order valence-electron chi connectivity index (χ4n) is 3.18. The summed E-state index contributed by atoms with van der Waals surface area (Å²) in [6.45, 7) is 5.26. The largest absolute Gasteiger partial charge is 0.370 e. The van der Waals surface area contributed by atoms with Gasteiger partial charge in [-0.15, -0.1) is 0 Å². The second kappa shape index (κ2) is 6.28. The number of hydrogen-bond donors (Lipinski definition) is 1. The number of aromatic nitrogens is 3. The highest BCUT2D eigenvalue weighted by molar-refractivity contribution is 5.33. The van der Waals surface area contributed by atoms with Crippen LogP contribution in [0.1, 0.15) is 49.9 Å². The van der Waals surface area contributed by atoms with E-state index >= 15 is 0 Å². The monoisotopic (exact) mass is 313 g/mol. The smallest absolute Gasteiger partial charge is 0.243 e. The summed E-state index contributed by atoms with van der Waals surface area (Å²) >= 11 is 0. The summed E-state index contributed by atoms with van der Waals surface area (Å²) in [5.41, 5.74) is 0. The van der Waals surface area contributed by atoms with Gasteiger partial charge < -0.3 is 9.84 Å². The molecule has 2 aromatic heterocycles. The van der Waals surface area contributed by atoms with Crippen molar-refractivity contribution >= 4 is 5.82 Å². The minimum atomic E-state index is 0.204. The molecule has 1 N–H and O–H groups in total. The van der Waals surface area contributed by atoms with Crippen LogP contribution >= 0.6 is 0 Å². The Balaban J connectivity index is 1.30. The van der Waals surface area contributed by atoms with Crippen LogP contribution in [0.2, 0.25) is 0 Å². The first kappa shape index (κ1) is 14.6. The van der Waals surface area contributed by atoms with E-state index in [0.717, 1.165) is 37.2 Å². The zero-order valence-electron chi connectivity index (χ0n) is 13.5. The second-order valence-corrected chi connectivity index (χ2v) is 6.69. The molecule has 2 aliphatic rings. The second-order valence-electron chi connectivity index (χ2n) is 6.69. The van der Waals surface area contributed by atoms with Crippen LogP contribution in [0.4, 0.5) is 5.82 Å². The van der Waals surface area contributed by atoms with Gasteiger partial charge >= 0.3 is 0 Å². The van der Waals surface area contributed by atoms with Crippen LogP contribution in [0.3, 0.4) is 0 Å². The van der Waals surface area contributed by atoms with Gasteiger partial charge in [0.05, 0.1) is 6.04 Å². The van der Waals surface area contributed by atoms with Gasteiger partial charge in [0.1, 0.15) is 5.82 Å². The molecular formula is C17H23N5O. The van der Waals surface area contributed by atoms with Crippen molar-refractivity contribution in [1.29, 1.82) is 0 Å². The molecule has 1 saturated carbocycles. The van der Waals surface area contributed by atoms with Crippen molar-refractivity contribution in [2.75, 3.05) is 25.0 Å². The maximum atomic E-state index is 5.48. The topological polar surface area (TPSA) is 67.1 Å². The zero-order valence-corrected chi connectivity index (χ0v) is 13.5. The number of nitrogens with zero attached hydrogens (tertiary/aromatic N) is 4. The Bertz CT molecular complexity index is 639. The highest BCUT2D eigenvalue weighted by Crippen LogP contribution is 2.39. The van der Waals surface area contributed by atoms with Crippen LogP contribution < -0.4 is 5.32 Å². The average molecular weight is 313 g/mol. The highest BCUT2D eigenvalue weighted by atomic mass is 16.5. The number of anilines is 1. The molecule has 4 rings (SSSR count). The van der Waals surface area contributed by atoms with Crippen LogP contribution in [0.15, 0.2) is 28.9 Å². The molecule has 2 fully saturated rings. The molecule has 122 valence electrons. The lowest BCUT2D eigenvalue weighted by atomic mass is 10.1. The van der Waals surface area contributed by atoms with Gasteiger partial charge in [0.25, 0.3) is 0 Å². The van der Waals surface area contributed by atoms with E-state index in [1.54, 1.807) is 0 Å². The Morgan fingerprint density at radius 2 is 2.26 bits per heavy atom. The SMILES string of the molecule is C[C@@H](c1nc(C2CC2)no1)N1CC[C@@H](CNc2ccccn2)C1. The lowest BCUT2D eigenvalue weighted by Gasteiger charge is -2.21. The normalized spacial score (nSPS) is 23.1. The van der Waals surface area contributed by atoms with Crippen LogP contribution in [0.25, 0.3) is 0 Å². The molecule has 6 nitrogen and oxygen atoms in total. The first-order valence-corrected chi connectivity index (χ1v) is 8.52.